The monoisotopic (exact) mass is 399 g/mol. The van der Waals surface area contributed by atoms with Gasteiger partial charge in [0.25, 0.3) is 5.91 Å². The summed E-state index contributed by atoms with van der Waals surface area (Å²) in [5.41, 5.74) is 7.29. The van der Waals surface area contributed by atoms with Crippen molar-refractivity contribution in [2.24, 2.45) is 17.6 Å². The summed E-state index contributed by atoms with van der Waals surface area (Å²) in [7, 11) is 0. The summed E-state index contributed by atoms with van der Waals surface area (Å²) in [6, 6.07) is 10.6. The van der Waals surface area contributed by atoms with Crippen molar-refractivity contribution in [3.8, 4) is 0 Å². The molecular weight excluding hydrogens is 376 g/mol. The number of aryl methyl sites for hydroxylation is 1. The van der Waals surface area contributed by atoms with Gasteiger partial charge in [-0.2, -0.15) is 0 Å². The lowest BCUT2D eigenvalue weighted by Crippen LogP contribution is -2.38. The van der Waals surface area contributed by atoms with Crippen molar-refractivity contribution in [1.82, 2.24) is 9.80 Å². The number of hydrogen-bond donors (Lipinski definition) is 1. The lowest BCUT2D eigenvalue weighted by atomic mass is 9.87. The number of carbonyl (C=O) groups excluding carboxylic acids is 2. The first kappa shape index (κ1) is 19.5. The summed E-state index contributed by atoms with van der Waals surface area (Å²) in [6.07, 6.45) is 0. The van der Waals surface area contributed by atoms with Crippen LogP contribution in [-0.2, 0) is 4.79 Å². The number of halogens is 2. The molecule has 0 unspecified atom stereocenters. The first-order valence-corrected chi connectivity index (χ1v) is 9.67. The van der Waals surface area contributed by atoms with Crippen LogP contribution >= 0.6 is 0 Å². The van der Waals surface area contributed by atoms with E-state index >= 15 is 0 Å². The number of nitrogens with two attached hydrogens (primary N) is 1. The fraction of sp³-hybridized carbons (Fsp3) is 0.364. The van der Waals surface area contributed by atoms with Crippen LogP contribution in [0.15, 0.2) is 42.5 Å². The van der Waals surface area contributed by atoms with Gasteiger partial charge in [0.15, 0.2) is 0 Å². The Morgan fingerprint density at radius 1 is 1.10 bits per heavy atom. The molecule has 0 aromatic heterocycles. The van der Waals surface area contributed by atoms with E-state index < -0.39 is 17.5 Å². The average Bonchev–Trinajstić information content (AvgIpc) is 3.18. The van der Waals surface area contributed by atoms with Gasteiger partial charge in [0, 0.05) is 31.6 Å². The number of fused-ring (bicyclic) bond motifs is 1. The summed E-state index contributed by atoms with van der Waals surface area (Å²) < 4.78 is 27.6. The Labute approximate surface area is 168 Å². The number of amides is 2. The molecule has 2 aliphatic rings. The van der Waals surface area contributed by atoms with Gasteiger partial charge in [0.1, 0.15) is 11.6 Å². The Morgan fingerprint density at radius 2 is 1.86 bits per heavy atom. The fourth-order valence-corrected chi connectivity index (χ4v) is 4.83. The van der Waals surface area contributed by atoms with Crippen molar-refractivity contribution in [2.45, 2.75) is 13.0 Å². The number of hydrogen-bond acceptors (Lipinski definition) is 3. The van der Waals surface area contributed by atoms with Crippen LogP contribution in [0, 0.1) is 30.4 Å². The molecule has 5 nitrogen and oxygen atoms in total. The largest absolute Gasteiger partial charge is 0.369 e. The molecule has 2 heterocycles. The Balaban J connectivity index is 1.69. The number of rotatable bonds is 4. The van der Waals surface area contributed by atoms with Crippen LogP contribution in [0.5, 0.6) is 0 Å². The molecule has 152 valence electrons. The van der Waals surface area contributed by atoms with Crippen LogP contribution in [0.1, 0.15) is 27.5 Å². The Bertz CT molecular complexity index is 965. The SMILES string of the molecule is Cc1ccccc1[C@@H]1[C@H]2CN(CC(N)=O)C[C@H]2CN1C(=O)c1ccc(F)cc1F. The summed E-state index contributed by atoms with van der Waals surface area (Å²) in [6.45, 7) is 3.93. The Morgan fingerprint density at radius 3 is 2.55 bits per heavy atom. The predicted molar refractivity (Wildman–Crippen MR) is 104 cm³/mol. The molecule has 2 amide bonds. The minimum Gasteiger partial charge on any atom is -0.369 e. The second-order valence-electron chi connectivity index (χ2n) is 7.97. The third-order valence-electron chi connectivity index (χ3n) is 6.05. The van der Waals surface area contributed by atoms with Gasteiger partial charge in [-0.1, -0.05) is 24.3 Å². The highest BCUT2D eigenvalue weighted by atomic mass is 19.1. The lowest BCUT2D eigenvalue weighted by molar-refractivity contribution is -0.119. The van der Waals surface area contributed by atoms with Crippen molar-refractivity contribution in [2.75, 3.05) is 26.2 Å². The predicted octanol–water partition coefficient (Wildman–Crippen LogP) is 2.50. The molecule has 2 aliphatic heterocycles. The van der Waals surface area contributed by atoms with Crippen molar-refractivity contribution >= 4 is 11.8 Å². The lowest BCUT2D eigenvalue weighted by Gasteiger charge is -2.31. The van der Waals surface area contributed by atoms with E-state index in [1.165, 1.54) is 6.07 Å². The molecule has 3 atom stereocenters. The van der Waals surface area contributed by atoms with Gasteiger partial charge >= 0.3 is 0 Å². The molecule has 2 aromatic carbocycles. The van der Waals surface area contributed by atoms with Crippen LogP contribution in [0.2, 0.25) is 0 Å². The van der Waals surface area contributed by atoms with E-state index in [0.29, 0.717) is 19.6 Å². The molecule has 0 aliphatic carbocycles. The molecule has 2 fully saturated rings. The van der Waals surface area contributed by atoms with Crippen molar-refractivity contribution < 1.29 is 18.4 Å². The van der Waals surface area contributed by atoms with Crippen LogP contribution in [0.3, 0.4) is 0 Å². The molecule has 0 saturated carbocycles. The highest BCUT2D eigenvalue weighted by Gasteiger charge is 2.49. The average molecular weight is 399 g/mol. The number of carbonyl (C=O) groups is 2. The fourth-order valence-electron chi connectivity index (χ4n) is 4.83. The number of benzene rings is 2. The molecule has 2 aromatic rings. The molecule has 4 rings (SSSR count). The van der Waals surface area contributed by atoms with E-state index in [4.69, 9.17) is 5.73 Å². The van der Waals surface area contributed by atoms with Gasteiger partial charge in [0.05, 0.1) is 18.2 Å². The van der Waals surface area contributed by atoms with Crippen LogP contribution in [-0.4, -0.2) is 47.8 Å². The molecule has 0 spiro atoms. The quantitative estimate of drug-likeness (QED) is 0.859. The second-order valence-corrected chi connectivity index (χ2v) is 7.97. The van der Waals surface area contributed by atoms with Crippen molar-refractivity contribution in [1.29, 1.82) is 0 Å². The molecule has 2 saturated heterocycles. The van der Waals surface area contributed by atoms with Gasteiger partial charge in [-0.25, -0.2) is 8.78 Å². The Hall–Kier alpha value is -2.80. The molecule has 29 heavy (non-hydrogen) atoms. The van der Waals surface area contributed by atoms with Gasteiger partial charge < -0.3 is 10.6 Å². The standard InChI is InChI=1S/C22H23F2N3O2/c1-13-4-2-3-5-16(13)21-18-11-26(12-20(25)28)9-14(18)10-27(21)22(29)17-7-6-15(23)8-19(17)24/h2-8,14,18,21H,9-12H2,1H3,(H2,25,28)/t14-,18-,21+/m0/s1. The van der Waals surface area contributed by atoms with E-state index in [9.17, 15) is 18.4 Å². The first-order chi connectivity index (χ1) is 13.8. The maximum absolute atomic E-state index is 14.3. The van der Waals surface area contributed by atoms with Crippen LogP contribution in [0.25, 0.3) is 0 Å². The molecule has 2 N–H and O–H groups in total. The van der Waals surface area contributed by atoms with Crippen LogP contribution < -0.4 is 5.73 Å². The molecule has 0 bridgehead atoms. The van der Waals surface area contributed by atoms with E-state index in [2.05, 4.69) is 0 Å². The number of nitrogens with zero attached hydrogens (tertiary/aromatic N) is 2. The normalized spacial score (nSPS) is 24.0. The van der Waals surface area contributed by atoms with Gasteiger partial charge in [-0.15, -0.1) is 0 Å². The zero-order valence-corrected chi connectivity index (χ0v) is 16.1. The Kier molecular flexibility index (Phi) is 5.08. The maximum atomic E-state index is 14.3. The van der Waals surface area contributed by atoms with Gasteiger partial charge in [-0.05, 0) is 36.1 Å². The molecule has 7 heteroatoms. The molecule has 0 radical (unpaired) electrons. The second kappa shape index (κ2) is 7.55. The minimum atomic E-state index is -0.856. The maximum Gasteiger partial charge on any atom is 0.257 e. The third kappa shape index (κ3) is 3.62. The van der Waals surface area contributed by atoms with Crippen molar-refractivity contribution in [3.63, 3.8) is 0 Å². The van der Waals surface area contributed by atoms with E-state index in [0.717, 1.165) is 23.3 Å². The van der Waals surface area contributed by atoms with E-state index in [1.807, 2.05) is 36.1 Å². The van der Waals surface area contributed by atoms with Gasteiger partial charge in [0.2, 0.25) is 5.91 Å². The topological polar surface area (TPSA) is 66.6 Å². The summed E-state index contributed by atoms with van der Waals surface area (Å²) in [4.78, 5) is 28.3. The summed E-state index contributed by atoms with van der Waals surface area (Å²) >= 11 is 0. The van der Waals surface area contributed by atoms with Crippen LogP contribution in [0.4, 0.5) is 8.78 Å². The highest BCUT2D eigenvalue weighted by molar-refractivity contribution is 5.95. The van der Waals surface area contributed by atoms with Gasteiger partial charge in [-0.3, -0.25) is 14.5 Å². The molecular formula is C22H23F2N3O2. The van der Waals surface area contributed by atoms with E-state index in [1.54, 1.807) is 4.90 Å². The third-order valence-corrected chi connectivity index (χ3v) is 6.05. The zero-order valence-electron chi connectivity index (χ0n) is 16.1. The smallest absolute Gasteiger partial charge is 0.257 e. The number of primary amides is 1. The number of likely N-dealkylation sites (tertiary alicyclic amines) is 2. The summed E-state index contributed by atoms with van der Waals surface area (Å²) in [5.74, 6) is -2.11. The first-order valence-electron chi connectivity index (χ1n) is 9.67. The summed E-state index contributed by atoms with van der Waals surface area (Å²) in [5, 5.41) is 0. The minimum absolute atomic E-state index is 0.114. The van der Waals surface area contributed by atoms with E-state index in [-0.39, 0.29) is 35.9 Å². The van der Waals surface area contributed by atoms with Crippen molar-refractivity contribution in [3.05, 3.63) is 70.8 Å². The zero-order chi connectivity index (χ0) is 20.7. The highest BCUT2D eigenvalue weighted by Crippen LogP contribution is 2.46.